The third-order valence-electron chi connectivity index (χ3n) is 5.10. The smallest absolute Gasteiger partial charge is 0.190 e. The molecule has 2 fully saturated rings. The van der Waals surface area contributed by atoms with Crippen molar-refractivity contribution in [3.63, 3.8) is 0 Å². The van der Waals surface area contributed by atoms with Gasteiger partial charge in [0.1, 0.15) is 0 Å². The Morgan fingerprint density at radius 3 is 1.94 bits per heavy atom. The van der Waals surface area contributed by atoms with Crippen molar-refractivity contribution in [3.8, 4) is 0 Å². The van der Waals surface area contributed by atoms with E-state index in [1.165, 1.54) is 57.8 Å². The van der Waals surface area contributed by atoms with E-state index in [4.69, 9.17) is 0 Å². The Kier molecular flexibility index (Phi) is 4.45. The van der Waals surface area contributed by atoms with Crippen LogP contribution in [0.5, 0.6) is 0 Å². The Bertz CT molecular complexity index is 204. The van der Waals surface area contributed by atoms with Gasteiger partial charge in [-0.25, -0.2) is 0 Å². The van der Waals surface area contributed by atoms with E-state index in [0.29, 0.717) is 5.04 Å². The second kappa shape index (κ2) is 5.65. The summed E-state index contributed by atoms with van der Waals surface area (Å²) >= 11 is 0. The van der Waals surface area contributed by atoms with Crippen LogP contribution in [0.25, 0.3) is 0 Å². The summed E-state index contributed by atoms with van der Waals surface area (Å²) < 4.78 is 0. The largest absolute Gasteiger partial charge is 0.330 e. The predicted octanol–water partition coefficient (Wildman–Crippen LogP) is 2.54. The first-order valence-corrected chi connectivity index (χ1v) is 8.91. The molecule has 0 saturated heterocycles. The molecule has 2 aliphatic carbocycles. The van der Waals surface area contributed by atoms with Gasteiger partial charge >= 0.3 is 0 Å². The molecule has 0 aromatic carbocycles. The van der Waals surface area contributed by atoms with Crippen molar-refractivity contribution in [3.05, 3.63) is 0 Å². The van der Waals surface area contributed by atoms with E-state index >= 15 is 0 Å². The molecule has 0 aromatic rings. The van der Waals surface area contributed by atoms with Gasteiger partial charge in [-0.05, 0) is 37.9 Å². The van der Waals surface area contributed by atoms with Crippen LogP contribution >= 0.6 is 0 Å². The molecule has 2 aliphatic rings. The fourth-order valence-electron chi connectivity index (χ4n) is 4.36. The van der Waals surface area contributed by atoms with Crippen molar-refractivity contribution in [2.24, 2.45) is 5.92 Å². The van der Waals surface area contributed by atoms with Crippen LogP contribution in [-0.2, 0) is 0 Å². The molecule has 0 atom stereocenters. The Morgan fingerprint density at radius 1 is 0.875 bits per heavy atom. The van der Waals surface area contributed by atoms with Crippen molar-refractivity contribution in [1.29, 1.82) is 0 Å². The van der Waals surface area contributed by atoms with Crippen LogP contribution in [0, 0.1) is 5.92 Å². The van der Waals surface area contributed by atoms with E-state index in [1.807, 2.05) is 0 Å². The zero-order valence-corrected chi connectivity index (χ0v) is 12.2. The minimum absolute atomic E-state index is 0.698. The lowest BCUT2D eigenvalue weighted by Crippen LogP contribution is -2.55. The first-order valence-electron chi connectivity index (χ1n) is 7.18. The summed E-state index contributed by atoms with van der Waals surface area (Å²) in [5, 5.41) is 0.698. The highest BCUT2D eigenvalue weighted by atomic mass is 28.3. The number of rotatable bonds is 4. The first-order chi connectivity index (χ1) is 7.83. The van der Waals surface area contributed by atoms with Gasteiger partial charge in [0.25, 0.3) is 0 Å². The van der Waals surface area contributed by atoms with Gasteiger partial charge in [-0.1, -0.05) is 44.9 Å². The Labute approximate surface area is 102 Å². The molecular formula is C13H28N2Si. The van der Waals surface area contributed by atoms with Gasteiger partial charge in [0, 0.05) is 0 Å². The molecule has 0 unspecified atom stereocenters. The van der Waals surface area contributed by atoms with Gasteiger partial charge < -0.3 is 9.96 Å². The third kappa shape index (κ3) is 2.22. The van der Waals surface area contributed by atoms with Crippen LogP contribution in [0.15, 0.2) is 0 Å². The average Bonchev–Trinajstić information content (AvgIpc) is 2.82. The molecule has 0 aromatic heterocycles. The van der Waals surface area contributed by atoms with Crippen LogP contribution in [0.1, 0.15) is 57.8 Å². The third-order valence-corrected chi connectivity index (χ3v) is 8.46. The molecule has 0 bridgehead atoms. The Morgan fingerprint density at radius 2 is 1.44 bits per heavy atom. The topological polar surface area (TPSA) is 24.1 Å². The van der Waals surface area contributed by atoms with Crippen LogP contribution in [-0.4, -0.2) is 23.2 Å². The van der Waals surface area contributed by atoms with Crippen molar-refractivity contribution in [2.75, 3.05) is 14.1 Å². The number of hydrogen-bond donors (Lipinski definition) is 2. The Balaban J connectivity index is 2.12. The van der Waals surface area contributed by atoms with Crippen molar-refractivity contribution >= 4 is 9.12 Å². The highest BCUT2D eigenvalue weighted by Crippen LogP contribution is 2.56. The van der Waals surface area contributed by atoms with Gasteiger partial charge in [0.05, 0.1) is 0 Å². The highest BCUT2D eigenvalue weighted by Gasteiger charge is 2.47. The SMILES string of the molecule is CN[SiH](NC)C1(C2CCCCC2)CCCC1. The maximum atomic E-state index is 3.66. The fourth-order valence-corrected chi connectivity index (χ4v) is 7.59. The fraction of sp³-hybridized carbons (Fsp3) is 1.00. The Hall–Kier alpha value is 0.137. The zero-order valence-electron chi connectivity index (χ0n) is 11.0. The van der Waals surface area contributed by atoms with Gasteiger partial charge in [0.15, 0.2) is 9.12 Å². The molecule has 0 spiro atoms. The van der Waals surface area contributed by atoms with Crippen LogP contribution in [0.3, 0.4) is 0 Å². The molecule has 94 valence electrons. The second-order valence-corrected chi connectivity index (χ2v) is 8.96. The van der Waals surface area contributed by atoms with Crippen LogP contribution in [0.2, 0.25) is 5.04 Å². The van der Waals surface area contributed by atoms with E-state index in [2.05, 4.69) is 24.1 Å². The molecule has 2 saturated carbocycles. The van der Waals surface area contributed by atoms with Crippen LogP contribution < -0.4 is 9.96 Å². The molecular weight excluding hydrogens is 212 g/mol. The number of hydrogen-bond acceptors (Lipinski definition) is 2. The lowest BCUT2D eigenvalue weighted by molar-refractivity contribution is 0.256. The molecule has 0 radical (unpaired) electrons. The summed E-state index contributed by atoms with van der Waals surface area (Å²) in [4.78, 5) is 7.32. The predicted molar refractivity (Wildman–Crippen MR) is 73.0 cm³/mol. The molecule has 16 heavy (non-hydrogen) atoms. The first kappa shape index (κ1) is 12.6. The summed E-state index contributed by atoms with van der Waals surface area (Å²) in [5.41, 5.74) is 0. The normalized spacial score (nSPS) is 26.4. The summed E-state index contributed by atoms with van der Waals surface area (Å²) in [6.07, 6.45) is 13.4. The van der Waals surface area contributed by atoms with Crippen LogP contribution in [0.4, 0.5) is 0 Å². The quantitative estimate of drug-likeness (QED) is 0.738. The monoisotopic (exact) mass is 240 g/mol. The second-order valence-electron chi connectivity index (χ2n) is 5.79. The maximum absolute atomic E-state index is 3.66. The van der Waals surface area contributed by atoms with E-state index < -0.39 is 9.12 Å². The van der Waals surface area contributed by atoms with Gasteiger partial charge in [-0.3, -0.25) is 0 Å². The van der Waals surface area contributed by atoms with Crippen molar-refractivity contribution in [2.45, 2.75) is 62.8 Å². The molecule has 0 aliphatic heterocycles. The zero-order chi connectivity index (χ0) is 11.4. The minimum Gasteiger partial charge on any atom is -0.330 e. The molecule has 2 nitrogen and oxygen atoms in total. The average molecular weight is 240 g/mol. The van der Waals surface area contributed by atoms with Gasteiger partial charge in [-0.2, -0.15) is 0 Å². The summed E-state index contributed by atoms with van der Waals surface area (Å²) in [5.74, 6) is 1.03. The van der Waals surface area contributed by atoms with E-state index in [-0.39, 0.29) is 0 Å². The molecule has 3 heteroatoms. The molecule has 0 heterocycles. The summed E-state index contributed by atoms with van der Waals surface area (Å²) in [6, 6.07) is 0. The van der Waals surface area contributed by atoms with Gasteiger partial charge in [0.2, 0.25) is 0 Å². The van der Waals surface area contributed by atoms with Gasteiger partial charge in [-0.15, -0.1) is 0 Å². The number of nitrogens with one attached hydrogen (secondary N) is 2. The minimum atomic E-state index is -0.954. The molecule has 2 rings (SSSR count). The van der Waals surface area contributed by atoms with E-state index in [1.54, 1.807) is 0 Å². The van der Waals surface area contributed by atoms with Crippen molar-refractivity contribution in [1.82, 2.24) is 9.96 Å². The highest BCUT2D eigenvalue weighted by molar-refractivity contribution is 6.57. The summed E-state index contributed by atoms with van der Waals surface area (Å²) in [7, 11) is 3.40. The lowest BCUT2D eigenvalue weighted by Gasteiger charge is -2.44. The van der Waals surface area contributed by atoms with E-state index in [0.717, 1.165) is 5.92 Å². The standard InChI is InChI=1S/C13H28N2Si/c1-14-16(15-2)13(10-6-7-11-13)12-8-4-3-5-9-12/h12,14-16H,3-11H2,1-2H3. The van der Waals surface area contributed by atoms with E-state index in [9.17, 15) is 0 Å². The maximum Gasteiger partial charge on any atom is 0.190 e. The van der Waals surface area contributed by atoms with Crippen molar-refractivity contribution < 1.29 is 0 Å². The molecule has 0 amide bonds. The summed E-state index contributed by atoms with van der Waals surface area (Å²) in [6.45, 7) is 0. The molecule has 2 N–H and O–H groups in total. The lowest BCUT2D eigenvalue weighted by atomic mass is 9.78.